The molecule has 2 aromatic carbocycles. The van der Waals surface area contributed by atoms with Gasteiger partial charge in [0.15, 0.2) is 5.69 Å². The van der Waals surface area contributed by atoms with E-state index in [0.29, 0.717) is 34.8 Å². The van der Waals surface area contributed by atoms with E-state index < -0.39 is 5.82 Å². The van der Waals surface area contributed by atoms with Crippen LogP contribution in [0.1, 0.15) is 25.5 Å². The lowest BCUT2D eigenvalue weighted by atomic mass is 10.1. The third-order valence-electron chi connectivity index (χ3n) is 4.47. The molecule has 0 saturated carbocycles. The van der Waals surface area contributed by atoms with Crippen molar-refractivity contribution >= 4 is 0 Å². The molecule has 28 heavy (non-hydrogen) atoms. The third kappa shape index (κ3) is 3.31. The molecule has 7 heteroatoms. The van der Waals surface area contributed by atoms with Gasteiger partial charge in [0.25, 0.3) is 0 Å². The Morgan fingerprint density at radius 3 is 2.50 bits per heavy atom. The zero-order chi connectivity index (χ0) is 19.5. The van der Waals surface area contributed by atoms with Crippen molar-refractivity contribution in [2.75, 3.05) is 0 Å². The van der Waals surface area contributed by atoms with Crippen LogP contribution in [0.2, 0.25) is 0 Å². The fraction of sp³-hybridized carbons (Fsp3) is 0.190. The Hall–Kier alpha value is -3.35. The Morgan fingerprint density at radius 2 is 1.75 bits per heavy atom. The molecule has 142 valence electrons. The van der Waals surface area contributed by atoms with E-state index in [1.807, 2.05) is 0 Å². The van der Waals surface area contributed by atoms with Crippen LogP contribution in [0.4, 0.5) is 8.78 Å². The minimum atomic E-state index is -0.392. The number of hydrogen-bond donors (Lipinski definition) is 0. The molecule has 0 atom stereocenters. The second-order valence-electron chi connectivity index (χ2n) is 6.37. The summed E-state index contributed by atoms with van der Waals surface area (Å²) in [6.45, 7) is 2.07. The van der Waals surface area contributed by atoms with Gasteiger partial charge in [0.05, 0.1) is 5.69 Å². The Kier molecular flexibility index (Phi) is 4.97. The van der Waals surface area contributed by atoms with E-state index in [0.717, 1.165) is 12.8 Å². The van der Waals surface area contributed by atoms with Gasteiger partial charge < -0.3 is 4.42 Å². The standard InChI is InChI=1S/C21H18F2N4O/c1-2-3-11-19-20(25-26-27(19)18-12-7-6-10-16(18)23)21-24-17(13-28-21)14-8-4-5-9-15(14)22/h4-10,12-13H,2-3,11H2,1H3. The highest BCUT2D eigenvalue weighted by atomic mass is 19.1. The first-order valence-electron chi connectivity index (χ1n) is 9.09. The number of aromatic nitrogens is 4. The minimum absolute atomic E-state index is 0.229. The number of hydrogen-bond acceptors (Lipinski definition) is 4. The molecule has 0 amide bonds. The van der Waals surface area contributed by atoms with E-state index in [1.54, 1.807) is 36.4 Å². The maximum atomic E-state index is 14.3. The van der Waals surface area contributed by atoms with Crippen molar-refractivity contribution in [3.8, 4) is 28.5 Å². The molecular weight excluding hydrogens is 362 g/mol. The van der Waals surface area contributed by atoms with Crippen LogP contribution < -0.4 is 0 Å². The Morgan fingerprint density at radius 1 is 1.00 bits per heavy atom. The molecule has 0 aliphatic rings. The Labute approximate surface area is 160 Å². The van der Waals surface area contributed by atoms with Crippen molar-refractivity contribution in [3.63, 3.8) is 0 Å². The highest BCUT2D eigenvalue weighted by molar-refractivity contribution is 5.63. The largest absolute Gasteiger partial charge is 0.443 e. The van der Waals surface area contributed by atoms with E-state index in [9.17, 15) is 8.78 Å². The average Bonchev–Trinajstić information content (AvgIpc) is 3.34. The molecule has 0 spiro atoms. The number of nitrogens with zero attached hydrogens (tertiary/aromatic N) is 4. The van der Waals surface area contributed by atoms with E-state index >= 15 is 0 Å². The van der Waals surface area contributed by atoms with E-state index in [1.165, 1.54) is 23.1 Å². The molecule has 0 saturated heterocycles. The first-order chi connectivity index (χ1) is 13.7. The van der Waals surface area contributed by atoms with Crippen molar-refractivity contribution in [1.82, 2.24) is 20.0 Å². The van der Waals surface area contributed by atoms with Gasteiger partial charge in [-0.15, -0.1) is 5.10 Å². The third-order valence-corrected chi connectivity index (χ3v) is 4.47. The molecule has 0 radical (unpaired) electrons. The summed E-state index contributed by atoms with van der Waals surface area (Å²) in [7, 11) is 0. The van der Waals surface area contributed by atoms with Gasteiger partial charge in [0.1, 0.15) is 29.3 Å². The van der Waals surface area contributed by atoms with Gasteiger partial charge in [-0.1, -0.05) is 42.8 Å². The fourth-order valence-corrected chi connectivity index (χ4v) is 3.03. The van der Waals surface area contributed by atoms with Crippen LogP contribution in [0.15, 0.2) is 59.2 Å². The molecule has 5 nitrogen and oxygen atoms in total. The smallest absolute Gasteiger partial charge is 0.249 e. The highest BCUT2D eigenvalue weighted by Crippen LogP contribution is 2.29. The van der Waals surface area contributed by atoms with E-state index in [4.69, 9.17) is 4.42 Å². The molecule has 0 fully saturated rings. The summed E-state index contributed by atoms with van der Waals surface area (Å²) >= 11 is 0. The van der Waals surface area contributed by atoms with Gasteiger partial charge in [-0.3, -0.25) is 0 Å². The average molecular weight is 380 g/mol. The van der Waals surface area contributed by atoms with Crippen LogP contribution in [0.5, 0.6) is 0 Å². The molecular formula is C21H18F2N4O. The van der Waals surface area contributed by atoms with E-state index in [2.05, 4.69) is 22.2 Å². The van der Waals surface area contributed by atoms with E-state index in [-0.39, 0.29) is 11.7 Å². The quantitative estimate of drug-likeness (QED) is 0.461. The van der Waals surface area contributed by atoms with Crippen LogP contribution in [-0.4, -0.2) is 20.0 Å². The molecule has 2 aromatic heterocycles. The number of oxazole rings is 1. The number of rotatable bonds is 6. The number of unbranched alkanes of at least 4 members (excludes halogenated alkanes) is 1. The Balaban J connectivity index is 1.78. The zero-order valence-corrected chi connectivity index (χ0v) is 15.3. The predicted octanol–water partition coefficient (Wildman–Crippen LogP) is 5.21. The lowest BCUT2D eigenvalue weighted by molar-refractivity contribution is 0.570. The second kappa shape index (κ2) is 7.72. The first-order valence-corrected chi connectivity index (χ1v) is 9.09. The van der Waals surface area contributed by atoms with Crippen molar-refractivity contribution in [3.05, 3.63) is 72.1 Å². The lowest BCUT2D eigenvalue weighted by Gasteiger charge is -2.07. The van der Waals surface area contributed by atoms with Crippen molar-refractivity contribution in [2.24, 2.45) is 0 Å². The molecule has 4 aromatic rings. The second-order valence-corrected chi connectivity index (χ2v) is 6.37. The van der Waals surface area contributed by atoms with Crippen molar-refractivity contribution in [2.45, 2.75) is 26.2 Å². The molecule has 0 N–H and O–H groups in total. The van der Waals surface area contributed by atoms with Crippen LogP contribution in [-0.2, 0) is 6.42 Å². The SMILES string of the molecule is CCCCc1c(-c2nc(-c3ccccc3F)co2)nnn1-c1ccccc1F. The number of benzene rings is 2. The molecule has 4 rings (SSSR count). The maximum Gasteiger partial charge on any atom is 0.249 e. The minimum Gasteiger partial charge on any atom is -0.443 e. The van der Waals surface area contributed by atoms with Crippen molar-refractivity contribution < 1.29 is 13.2 Å². The van der Waals surface area contributed by atoms with Gasteiger partial charge in [0.2, 0.25) is 5.89 Å². The molecule has 0 aliphatic carbocycles. The summed E-state index contributed by atoms with van der Waals surface area (Å²) in [6.07, 6.45) is 3.84. The van der Waals surface area contributed by atoms with Crippen LogP contribution in [0.3, 0.4) is 0 Å². The summed E-state index contributed by atoms with van der Waals surface area (Å²) in [5.41, 5.74) is 2.16. The number of para-hydroxylation sites is 1. The molecule has 0 bridgehead atoms. The number of halogens is 2. The Bertz CT molecular complexity index is 1100. The summed E-state index contributed by atoms with van der Waals surface area (Å²) < 4.78 is 35.4. The van der Waals surface area contributed by atoms with Gasteiger partial charge in [0, 0.05) is 5.56 Å². The first kappa shape index (κ1) is 18.0. The topological polar surface area (TPSA) is 56.7 Å². The normalized spacial score (nSPS) is 11.1. The molecule has 0 aliphatic heterocycles. The predicted molar refractivity (Wildman–Crippen MR) is 101 cm³/mol. The lowest BCUT2D eigenvalue weighted by Crippen LogP contribution is -2.05. The van der Waals surface area contributed by atoms with Crippen LogP contribution in [0, 0.1) is 11.6 Å². The van der Waals surface area contributed by atoms with Gasteiger partial charge >= 0.3 is 0 Å². The monoisotopic (exact) mass is 380 g/mol. The maximum absolute atomic E-state index is 14.3. The van der Waals surface area contributed by atoms with Crippen molar-refractivity contribution in [1.29, 1.82) is 0 Å². The fourth-order valence-electron chi connectivity index (χ4n) is 3.03. The summed E-state index contributed by atoms with van der Waals surface area (Å²) in [5.74, 6) is -0.549. The zero-order valence-electron chi connectivity index (χ0n) is 15.3. The summed E-state index contributed by atoms with van der Waals surface area (Å²) in [4.78, 5) is 4.39. The van der Waals surface area contributed by atoms with Gasteiger partial charge in [-0.25, -0.2) is 18.4 Å². The molecule has 0 unspecified atom stereocenters. The summed E-state index contributed by atoms with van der Waals surface area (Å²) in [6, 6.07) is 12.7. The van der Waals surface area contributed by atoms with Gasteiger partial charge in [-0.05, 0) is 37.1 Å². The van der Waals surface area contributed by atoms with Crippen LogP contribution >= 0.6 is 0 Å². The summed E-state index contributed by atoms with van der Waals surface area (Å²) in [5, 5.41) is 8.31. The highest BCUT2D eigenvalue weighted by Gasteiger charge is 2.22. The van der Waals surface area contributed by atoms with Crippen LogP contribution in [0.25, 0.3) is 28.5 Å². The molecule has 2 heterocycles. The van der Waals surface area contributed by atoms with Gasteiger partial charge in [-0.2, -0.15) is 0 Å².